The van der Waals surface area contributed by atoms with Gasteiger partial charge in [0.25, 0.3) is 0 Å². The fourth-order valence-corrected chi connectivity index (χ4v) is 28.5. The molecule has 2 atom stereocenters. The molecule has 0 fully saturated rings. The van der Waals surface area contributed by atoms with Gasteiger partial charge >= 0.3 is 194 Å². The molecule has 4 heteroatoms. The molecule has 0 nitrogen and oxygen atoms in total. The Hall–Kier alpha value is 0.480. The molecule has 0 aromatic heterocycles. The first-order valence-electron chi connectivity index (χ1n) is 11.8. The Morgan fingerprint density at radius 3 is 1.41 bits per heavy atom. The molecular weight excluding hydrogens is 709 g/mol. The minimum Gasteiger partial charge on any atom is -1.00 e. The maximum atomic E-state index is 2.68. The van der Waals surface area contributed by atoms with Crippen LogP contribution in [-0.4, -0.2) is 5.92 Å². The van der Waals surface area contributed by atoms with Gasteiger partial charge in [0.15, 0.2) is 0 Å². The Morgan fingerprint density at radius 1 is 0.688 bits per heavy atom. The van der Waals surface area contributed by atoms with E-state index in [9.17, 15) is 0 Å². The zero-order chi connectivity index (χ0) is 21.4. The quantitative estimate of drug-likeness (QED) is 0.301. The zero-order valence-electron chi connectivity index (χ0n) is 20.3. The first-order chi connectivity index (χ1) is 14.4. The predicted octanol–water partition coefficient (Wildman–Crippen LogP) is 1.96. The molecule has 0 spiro atoms. The first-order valence-corrected chi connectivity index (χ1v) is 21.8. The van der Waals surface area contributed by atoms with E-state index in [1.807, 2.05) is 0 Å². The molecular formula is C28H37I2SiZr. The van der Waals surface area contributed by atoms with Crippen molar-refractivity contribution in [2.24, 2.45) is 11.8 Å². The van der Waals surface area contributed by atoms with Crippen molar-refractivity contribution >= 4 is 18.1 Å². The number of rotatable bonds is 7. The van der Waals surface area contributed by atoms with Crippen LogP contribution < -0.4 is 48.0 Å². The third-order valence-corrected chi connectivity index (χ3v) is 28.4. The molecule has 0 N–H and O–H groups in total. The second kappa shape index (κ2) is 12.4. The van der Waals surface area contributed by atoms with Crippen LogP contribution in [0.5, 0.6) is 0 Å². The molecule has 2 unspecified atom stereocenters. The summed E-state index contributed by atoms with van der Waals surface area (Å²) < 4.78 is 1.56. The maximum absolute atomic E-state index is 2.68. The van der Waals surface area contributed by atoms with Crippen LogP contribution in [0.1, 0.15) is 70.0 Å². The number of benzene rings is 2. The molecule has 0 heterocycles. The van der Waals surface area contributed by atoms with Crippen LogP contribution >= 0.6 is 0 Å². The van der Waals surface area contributed by atoms with Crippen molar-refractivity contribution in [3.8, 4) is 0 Å². The minimum absolute atomic E-state index is 0. The summed E-state index contributed by atoms with van der Waals surface area (Å²) >= 11 is -1.89. The van der Waals surface area contributed by atoms with E-state index in [0.29, 0.717) is 0 Å². The van der Waals surface area contributed by atoms with Gasteiger partial charge in [0.05, 0.1) is 0 Å². The Bertz CT molecular complexity index is 901. The molecule has 171 valence electrons. The molecule has 2 aliphatic rings. The van der Waals surface area contributed by atoms with Gasteiger partial charge in [-0.3, -0.25) is 0 Å². The standard InChI is InChI=1S/2C13H15.C2H7Si.2HI.Zr/c2*1-10(2)7-11-8-12-5-3-4-6-13(12)9-11;1-3-2;;;/h2*3-6,8-10H,7H2,1-2H3;3H,1-2H3;2*1H;/q;;;;;+2/p-2. The van der Waals surface area contributed by atoms with Crippen molar-refractivity contribution in [3.05, 3.63) is 81.9 Å². The van der Waals surface area contributed by atoms with Crippen molar-refractivity contribution in [3.63, 3.8) is 0 Å². The van der Waals surface area contributed by atoms with Crippen molar-refractivity contribution < 1.29 is 68.9 Å². The summed E-state index contributed by atoms with van der Waals surface area (Å²) in [5.41, 5.74) is 9.94. The van der Waals surface area contributed by atoms with Crippen molar-refractivity contribution in [1.82, 2.24) is 0 Å². The molecule has 0 radical (unpaired) electrons. The van der Waals surface area contributed by atoms with Gasteiger partial charge in [0.2, 0.25) is 0 Å². The van der Waals surface area contributed by atoms with E-state index in [-0.39, 0.29) is 48.0 Å². The Kier molecular flexibility index (Phi) is 11.2. The van der Waals surface area contributed by atoms with Crippen LogP contribution in [0.15, 0.2) is 59.7 Å². The third kappa shape index (κ3) is 5.99. The molecule has 32 heavy (non-hydrogen) atoms. The Morgan fingerprint density at radius 2 is 1.06 bits per heavy atom. The summed E-state index contributed by atoms with van der Waals surface area (Å²) in [6.07, 6.45) is 7.71. The molecule has 0 bridgehead atoms. The molecule has 2 aromatic carbocycles. The summed E-state index contributed by atoms with van der Waals surface area (Å²) in [6.45, 7) is 14.9. The van der Waals surface area contributed by atoms with Crippen LogP contribution in [0.25, 0.3) is 12.2 Å². The van der Waals surface area contributed by atoms with E-state index >= 15 is 0 Å². The van der Waals surface area contributed by atoms with Crippen LogP contribution in [0.3, 0.4) is 0 Å². The average Bonchev–Trinajstić information content (AvgIpc) is 3.20. The zero-order valence-corrected chi connectivity index (χ0v) is 28.3. The van der Waals surface area contributed by atoms with Gasteiger partial charge in [-0.15, -0.1) is 0 Å². The van der Waals surface area contributed by atoms with Crippen LogP contribution in [0, 0.1) is 11.8 Å². The van der Waals surface area contributed by atoms with Gasteiger partial charge in [-0.05, 0) is 0 Å². The summed E-state index contributed by atoms with van der Waals surface area (Å²) in [7, 11) is 0. The summed E-state index contributed by atoms with van der Waals surface area (Å²) in [5, 5.41) is 0. The van der Waals surface area contributed by atoms with Gasteiger partial charge in [0, 0.05) is 0 Å². The van der Waals surface area contributed by atoms with Crippen LogP contribution in [-0.2, 0) is 20.9 Å². The molecule has 4 rings (SSSR count). The van der Waals surface area contributed by atoms with Crippen LogP contribution in [0.2, 0.25) is 13.1 Å². The monoisotopic (exact) mass is 745 g/mol. The fourth-order valence-electron chi connectivity index (χ4n) is 5.69. The molecule has 0 amide bonds. The van der Waals surface area contributed by atoms with E-state index in [1.54, 1.807) is 22.3 Å². The van der Waals surface area contributed by atoms with Gasteiger partial charge in [-0.1, -0.05) is 0 Å². The summed E-state index contributed by atoms with van der Waals surface area (Å²) in [5.74, 6) is 0.697. The number of fused-ring (bicyclic) bond motifs is 2. The van der Waals surface area contributed by atoms with Crippen molar-refractivity contribution in [1.29, 1.82) is 0 Å². The topological polar surface area (TPSA) is 0 Å². The average molecular weight is 747 g/mol. The summed E-state index contributed by atoms with van der Waals surface area (Å²) in [4.78, 5) is 0. The van der Waals surface area contributed by atoms with Gasteiger partial charge in [0.1, 0.15) is 0 Å². The first kappa shape index (κ1) is 28.7. The van der Waals surface area contributed by atoms with Gasteiger partial charge in [-0.2, -0.15) is 0 Å². The minimum atomic E-state index is -1.89. The van der Waals surface area contributed by atoms with Crippen molar-refractivity contribution in [2.45, 2.75) is 60.9 Å². The molecule has 0 saturated carbocycles. The van der Waals surface area contributed by atoms with E-state index in [0.717, 1.165) is 19.1 Å². The van der Waals surface area contributed by atoms with E-state index in [1.165, 1.54) is 24.0 Å². The fraction of sp³-hybridized carbons (Fsp3) is 0.429. The molecule has 0 saturated heterocycles. The number of allylic oxidation sites excluding steroid dienone is 2. The third-order valence-electron chi connectivity index (χ3n) is 6.66. The second-order valence-corrected chi connectivity index (χ2v) is 30.5. The van der Waals surface area contributed by atoms with E-state index < -0.39 is 26.8 Å². The number of hydrogen-bond acceptors (Lipinski definition) is 0. The Balaban J connectivity index is 0.00000181. The van der Waals surface area contributed by atoms with E-state index in [4.69, 9.17) is 0 Å². The van der Waals surface area contributed by atoms with Gasteiger partial charge in [-0.25, -0.2) is 0 Å². The smallest absolute Gasteiger partial charge is 1.00 e. The number of hydrogen-bond donors (Lipinski definition) is 0. The van der Waals surface area contributed by atoms with Crippen molar-refractivity contribution in [2.75, 3.05) is 0 Å². The second-order valence-electron chi connectivity index (χ2n) is 10.4. The largest absolute Gasteiger partial charge is 1.00 e. The van der Waals surface area contributed by atoms with E-state index in [2.05, 4.69) is 101 Å². The molecule has 0 aliphatic heterocycles. The Labute approximate surface area is 239 Å². The van der Waals surface area contributed by atoms with Gasteiger partial charge < -0.3 is 48.0 Å². The SMILES string of the molecule is CC(C)CC1=Cc2ccccc2[CH]1[Zr+2]([CH]1C(CC(C)C)=Cc2ccccc21)[SiH](C)C.[I-].[I-]. The van der Waals surface area contributed by atoms with Crippen LogP contribution in [0.4, 0.5) is 0 Å². The predicted molar refractivity (Wildman–Crippen MR) is 132 cm³/mol. The number of halogens is 2. The normalized spacial score (nSPS) is 18.7. The summed E-state index contributed by atoms with van der Waals surface area (Å²) in [6, 6.07) is 18.7. The molecule has 2 aromatic rings. The maximum Gasteiger partial charge on any atom is -1.00 e. The molecule has 2 aliphatic carbocycles.